The van der Waals surface area contributed by atoms with E-state index in [4.69, 9.17) is 0 Å². The first-order valence-corrected chi connectivity index (χ1v) is 16.5. The van der Waals surface area contributed by atoms with Crippen LogP contribution in [0.1, 0.15) is 50.2 Å². The van der Waals surface area contributed by atoms with Crippen LogP contribution < -0.4 is 9.80 Å². The second kappa shape index (κ2) is 13.4. The minimum atomic E-state index is 0.00245. The lowest BCUT2D eigenvalue weighted by atomic mass is 9.65. The van der Waals surface area contributed by atoms with Gasteiger partial charge in [-0.2, -0.15) is 0 Å². The van der Waals surface area contributed by atoms with Crippen molar-refractivity contribution in [2.45, 2.75) is 44.4 Å². The average Bonchev–Trinajstić information content (AvgIpc) is 3.35. The van der Waals surface area contributed by atoms with Crippen molar-refractivity contribution in [2.75, 3.05) is 9.80 Å². The Bertz CT molecular complexity index is 1830. The van der Waals surface area contributed by atoms with Crippen LogP contribution in [0.5, 0.6) is 0 Å². The number of hydrogen-bond donors (Lipinski definition) is 0. The molecule has 0 saturated heterocycles. The molecular formula is C44H40N2. The Morgan fingerprint density at radius 3 is 1.41 bits per heavy atom. The fraction of sp³-hybridized carbons (Fsp3) is 0.159. The van der Waals surface area contributed by atoms with Gasteiger partial charge in [0, 0.05) is 39.5 Å². The highest BCUT2D eigenvalue weighted by Crippen LogP contribution is 2.46. The Labute approximate surface area is 274 Å². The van der Waals surface area contributed by atoms with Gasteiger partial charge in [-0.15, -0.1) is 5.73 Å². The van der Waals surface area contributed by atoms with Crippen LogP contribution in [0.4, 0.5) is 28.4 Å². The van der Waals surface area contributed by atoms with Gasteiger partial charge < -0.3 is 9.80 Å². The molecule has 0 N–H and O–H groups in total. The summed E-state index contributed by atoms with van der Waals surface area (Å²) in [5, 5.41) is 0. The van der Waals surface area contributed by atoms with Crippen molar-refractivity contribution < 1.29 is 0 Å². The minimum Gasteiger partial charge on any atom is -0.311 e. The van der Waals surface area contributed by atoms with E-state index in [0.29, 0.717) is 0 Å². The van der Waals surface area contributed by atoms with E-state index in [1.54, 1.807) is 0 Å². The molecule has 0 heterocycles. The van der Waals surface area contributed by atoms with Crippen LogP contribution in [0.15, 0.2) is 181 Å². The highest BCUT2D eigenvalue weighted by molar-refractivity contribution is 5.77. The number of hydrogen-bond acceptors (Lipinski definition) is 2. The van der Waals surface area contributed by atoms with Gasteiger partial charge in [-0.25, -0.2) is 0 Å². The molecular weight excluding hydrogens is 556 g/mol. The maximum atomic E-state index is 3.34. The lowest BCUT2D eigenvalue weighted by Crippen LogP contribution is -2.30. The first-order valence-electron chi connectivity index (χ1n) is 16.5. The van der Waals surface area contributed by atoms with Crippen molar-refractivity contribution in [2.24, 2.45) is 0 Å². The lowest BCUT2D eigenvalue weighted by Gasteiger charge is -2.39. The van der Waals surface area contributed by atoms with Crippen LogP contribution in [0.2, 0.25) is 0 Å². The fourth-order valence-corrected chi connectivity index (χ4v) is 7.11. The largest absolute Gasteiger partial charge is 0.311 e. The normalized spacial score (nSPS) is 15.4. The summed E-state index contributed by atoms with van der Waals surface area (Å²) in [6.07, 6.45) is 14.6. The van der Waals surface area contributed by atoms with Crippen molar-refractivity contribution in [1.82, 2.24) is 0 Å². The smallest absolute Gasteiger partial charge is 0.0468 e. The van der Waals surface area contributed by atoms with Gasteiger partial charge in [0.15, 0.2) is 0 Å². The van der Waals surface area contributed by atoms with Crippen LogP contribution in [-0.4, -0.2) is 0 Å². The Kier molecular flexibility index (Phi) is 8.55. The molecule has 0 aromatic heterocycles. The summed E-state index contributed by atoms with van der Waals surface area (Å²) in [7, 11) is 0. The Morgan fingerprint density at radius 2 is 0.913 bits per heavy atom. The van der Waals surface area contributed by atoms with E-state index < -0.39 is 0 Å². The zero-order chi connectivity index (χ0) is 31.2. The molecule has 1 fully saturated rings. The molecule has 0 aliphatic heterocycles. The van der Waals surface area contributed by atoms with E-state index in [1.807, 2.05) is 6.08 Å². The SMILES string of the molecule is CC1=C=CC=C(N(c2ccccc2)c2ccc(C3(c4ccc(N(c5ccccc5)c5ccccc5)cc4)CCCCC3)cc2)C=C1. The molecule has 1 saturated carbocycles. The predicted octanol–water partition coefficient (Wildman–Crippen LogP) is 12.1. The van der Waals surface area contributed by atoms with Crippen LogP contribution in [0, 0.1) is 0 Å². The molecule has 0 amide bonds. The van der Waals surface area contributed by atoms with Gasteiger partial charge in [-0.05, 0) is 121 Å². The van der Waals surface area contributed by atoms with Gasteiger partial charge in [0.05, 0.1) is 0 Å². The topological polar surface area (TPSA) is 6.48 Å². The predicted molar refractivity (Wildman–Crippen MR) is 195 cm³/mol. The number of rotatable bonds is 8. The second-order valence-electron chi connectivity index (χ2n) is 12.3. The Hall–Kier alpha value is -5.30. The fourth-order valence-electron chi connectivity index (χ4n) is 7.11. The first kappa shape index (κ1) is 29.4. The van der Waals surface area contributed by atoms with Crippen LogP contribution in [-0.2, 0) is 5.41 Å². The highest BCUT2D eigenvalue weighted by atomic mass is 15.1. The molecule has 0 unspecified atom stereocenters. The Balaban J connectivity index is 1.25. The van der Waals surface area contributed by atoms with Crippen molar-refractivity contribution in [3.63, 3.8) is 0 Å². The quantitative estimate of drug-likeness (QED) is 0.164. The number of nitrogens with zero attached hydrogens (tertiary/aromatic N) is 2. The molecule has 5 aromatic carbocycles. The number of benzene rings is 5. The lowest BCUT2D eigenvalue weighted by molar-refractivity contribution is 0.346. The van der Waals surface area contributed by atoms with Gasteiger partial charge >= 0.3 is 0 Å². The summed E-state index contributed by atoms with van der Waals surface area (Å²) in [6.45, 7) is 2.09. The van der Waals surface area contributed by atoms with E-state index in [0.717, 1.165) is 34.0 Å². The van der Waals surface area contributed by atoms with Gasteiger partial charge in [-0.3, -0.25) is 0 Å². The molecule has 0 atom stereocenters. The van der Waals surface area contributed by atoms with Gasteiger partial charge in [0.2, 0.25) is 0 Å². The van der Waals surface area contributed by atoms with Crippen molar-refractivity contribution in [1.29, 1.82) is 0 Å². The minimum absolute atomic E-state index is 0.00245. The third kappa shape index (κ3) is 6.01. The second-order valence-corrected chi connectivity index (χ2v) is 12.3. The van der Waals surface area contributed by atoms with Crippen molar-refractivity contribution in [3.8, 4) is 0 Å². The van der Waals surface area contributed by atoms with Crippen molar-refractivity contribution >= 4 is 28.4 Å². The summed E-state index contributed by atoms with van der Waals surface area (Å²) < 4.78 is 0. The van der Waals surface area contributed by atoms with E-state index in [1.165, 1.54) is 48.9 Å². The molecule has 5 aromatic rings. The van der Waals surface area contributed by atoms with E-state index in [-0.39, 0.29) is 5.41 Å². The Morgan fingerprint density at radius 1 is 0.478 bits per heavy atom. The summed E-state index contributed by atoms with van der Waals surface area (Å²) in [5.74, 6) is 0. The van der Waals surface area contributed by atoms with Gasteiger partial charge in [0.25, 0.3) is 0 Å². The molecule has 7 rings (SSSR count). The molecule has 0 spiro atoms. The average molecular weight is 597 g/mol. The van der Waals surface area contributed by atoms with Gasteiger partial charge in [0.1, 0.15) is 0 Å². The molecule has 2 aliphatic rings. The third-order valence-electron chi connectivity index (χ3n) is 9.43. The summed E-state index contributed by atoms with van der Waals surface area (Å²) in [6, 6.07) is 50.7. The maximum absolute atomic E-state index is 3.34. The third-order valence-corrected chi connectivity index (χ3v) is 9.43. The van der Waals surface area contributed by atoms with Crippen LogP contribution in [0.25, 0.3) is 0 Å². The monoisotopic (exact) mass is 596 g/mol. The zero-order valence-corrected chi connectivity index (χ0v) is 26.5. The number of para-hydroxylation sites is 3. The van der Waals surface area contributed by atoms with E-state index in [2.05, 4.69) is 180 Å². The number of anilines is 5. The molecule has 0 radical (unpaired) electrons. The van der Waals surface area contributed by atoms with E-state index in [9.17, 15) is 0 Å². The summed E-state index contributed by atoms with van der Waals surface area (Å²) in [4.78, 5) is 4.67. The maximum Gasteiger partial charge on any atom is 0.0468 e. The summed E-state index contributed by atoms with van der Waals surface area (Å²) >= 11 is 0. The first-order chi connectivity index (χ1) is 22.7. The summed E-state index contributed by atoms with van der Waals surface area (Å²) in [5.41, 5.74) is 14.2. The van der Waals surface area contributed by atoms with Crippen LogP contribution >= 0.6 is 0 Å². The zero-order valence-electron chi connectivity index (χ0n) is 26.5. The molecule has 46 heavy (non-hydrogen) atoms. The molecule has 2 heteroatoms. The molecule has 2 aliphatic carbocycles. The highest BCUT2D eigenvalue weighted by Gasteiger charge is 2.36. The molecule has 226 valence electrons. The van der Waals surface area contributed by atoms with E-state index >= 15 is 0 Å². The standard InChI is InChI=1S/C44H40N2/c1-35-15-14-22-41(28-23-35)46(40-20-10-4-11-21-40)43-31-26-37(27-32-43)44(33-12-5-13-34-44)36-24-29-42(30-25-36)45(38-16-6-2-7-17-38)39-18-8-3-9-19-39/h2-4,6-11,14,16-32H,5,12-13,33-34H2,1H3. The molecule has 2 nitrogen and oxygen atoms in total. The van der Waals surface area contributed by atoms with Crippen molar-refractivity contribution in [3.05, 3.63) is 192 Å². The molecule has 0 bridgehead atoms. The number of allylic oxidation sites excluding steroid dienone is 4. The van der Waals surface area contributed by atoms with Crippen LogP contribution in [0.3, 0.4) is 0 Å². The van der Waals surface area contributed by atoms with Gasteiger partial charge in [-0.1, -0.05) is 98.1 Å².